The van der Waals surface area contributed by atoms with Crippen LogP contribution in [0.25, 0.3) is 0 Å². The molecule has 2 N–H and O–H groups in total. The molecule has 0 aliphatic carbocycles. The van der Waals surface area contributed by atoms with E-state index >= 15 is 0 Å². The summed E-state index contributed by atoms with van der Waals surface area (Å²) in [7, 11) is 0. The van der Waals surface area contributed by atoms with Gasteiger partial charge < -0.3 is 10.2 Å². The first kappa shape index (κ1) is 14.1. The average molecular weight is 254 g/mol. The number of nitro benzene ring substituents is 1. The van der Waals surface area contributed by atoms with Crippen LogP contribution in [-0.2, 0) is 11.3 Å². The molecule has 7 heteroatoms. The molecule has 0 saturated heterocycles. The fraction of sp³-hybridized carbons (Fsp3) is 0.364. The van der Waals surface area contributed by atoms with Gasteiger partial charge >= 0.3 is 5.97 Å². The van der Waals surface area contributed by atoms with Gasteiger partial charge in [0.2, 0.25) is 0 Å². The summed E-state index contributed by atoms with van der Waals surface area (Å²) in [4.78, 5) is 22.1. The van der Waals surface area contributed by atoms with E-state index in [1.165, 1.54) is 12.1 Å². The van der Waals surface area contributed by atoms with Crippen molar-refractivity contribution in [1.29, 1.82) is 0 Å². The van der Waals surface area contributed by atoms with E-state index in [0.717, 1.165) is 5.56 Å². The summed E-state index contributed by atoms with van der Waals surface area (Å²) in [5.74, 6) is -0.981. The van der Waals surface area contributed by atoms with Gasteiger partial charge in [-0.3, -0.25) is 19.8 Å². The number of non-ortho nitro benzene ring substituents is 1. The van der Waals surface area contributed by atoms with Crippen LogP contribution in [-0.4, -0.2) is 45.7 Å². The quantitative estimate of drug-likeness (QED) is 0.541. The number of rotatable bonds is 7. The Bertz CT molecular complexity index is 418. The van der Waals surface area contributed by atoms with Crippen molar-refractivity contribution in [3.63, 3.8) is 0 Å². The zero-order valence-corrected chi connectivity index (χ0v) is 9.65. The van der Waals surface area contributed by atoms with Crippen molar-refractivity contribution in [2.45, 2.75) is 6.54 Å². The maximum absolute atomic E-state index is 10.6. The molecule has 1 aromatic carbocycles. The molecule has 7 nitrogen and oxygen atoms in total. The zero-order valence-electron chi connectivity index (χ0n) is 9.65. The third-order valence-electron chi connectivity index (χ3n) is 2.33. The van der Waals surface area contributed by atoms with E-state index in [2.05, 4.69) is 0 Å². The van der Waals surface area contributed by atoms with Gasteiger partial charge in [0.05, 0.1) is 18.1 Å². The number of carbonyl (C=O) groups is 1. The number of carboxylic acids is 1. The highest BCUT2D eigenvalue weighted by Crippen LogP contribution is 2.13. The Morgan fingerprint density at radius 1 is 1.33 bits per heavy atom. The van der Waals surface area contributed by atoms with Crippen molar-refractivity contribution in [2.75, 3.05) is 19.7 Å². The van der Waals surface area contributed by atoms with Crippen LogP contribution >= 0.6 is 0 Å². The van der Waals surface area contributed by atoms with Crippen LogP contribution in [0.3, 0.4) is 0 Å². The highest BCUT2D eigenvalue weighted by molar-refractivity contribution is 5.69. The fourth-order valence-corrected chi connectivity index (χ4v) is 1.53. The summed E-state index contributed by atoms with van der Waals surface area (Å²) >= 11 is 0. The molecule has 18 heavy (non-hydrogen) atoms. The molecule has 1 rings (SSSR count). The molecule has 0 spiro atoms. The topological polar surface area (TPSA) is 104 Å². The van der Waals surface area contributed by atoms with E-state index in [4.69, 9.17) is 10.2 Å². The van der Waals surface area contributed by atoms with Crippen molar-refractivity contribution in [1.82, 2.24) is 4.90 Å². The highest BCUT2D eigenvalue weighted by atomic mass is 16.6. The number of nitrogens with zero attached hydrogens (tertiary/aromatic N) is 2. The Morgan fingerprint density at radius 3 is 2.39 bits per heavy atom. The molecule has 0 radical (unpaired) electrons. The van der Waals surface area contributed by atoms with E-state index in [0.29, 0.717) is 6.54 Å². The van der Waals surface area contributed by atoms with Gasteiger partial charge in [-0.05, 0) is 5.56 Å². The lowest BCUT2D eigenvalue weighted by atomic mass is 10.2. The summed E-state index contributed by atoms with van der Waals surface area (Å²) in [6.07, 6.45) is 0. The maximum atomic E-state index is 10.6. The number of carboxylic acid groups (broad SMARTS) is 1. The number of aliphatic hydroxyl groups is 1. The Balaban J connectivity index is 2.68. The predicted molar refractivity (Wildman–Crippen MR) is 63.1 cm³/mol. The minimum absolute atomic E-state index is 0.00862. The van der Waals surface area contributed by atoms with Crippen molar-refractivity contribution >= 4 is 11.7 Å². The van der Waals surface area contributed by atoms with E-state index in [9.17, 15) is 14.9 Å². The van der Waals surface area contributed by atoms with Gasteiger partial charge in [-0.2, -0.15) is 0 Å². The lowest BCUT2D eigenvalue weighted by Gasteiger charge is -2.18. The molecule has 0 aromatic heterocycles. The van der Waals surface area contributed by atoms with Gasteiger partial charge in [-0.15, -0.1) is 0 Å². The van der Waals surface area contributed by atoms with Crippen LogP contribution in [0.2, 0.25) is 0 Å². The molecule has 0 unspecified atom stereocenters. The Kier molecular flexibility index (Phi) is 5.22. The third kappa shape index (κ3) is 4.48. The van der Waals surface area contributed by atoms with Gasteiger partial charge in [0.1, 0.15) is 0 Å². The van der Waals surface area contributed by atoms with Gasteiger partial charge in [-0.25, -0.2) is 0 Å². The standard InChI is InChI=1S/C11H14N2O5/c14-6-5-12(8-11(15)16)7-9-1-3-10(4-2-9)13(17)18/h1-4,14H,5-8H2,(H,15,16). The van der Waals surface area contributed by atoms with Crippen LogP contribution in [0.5, 0.6) is 0 Å². The molecule has 0 aliphatic rings. The molecule has 0 bridgehead atoms. The summed E-state index contributed by atoms with van der Waals surface area (Å²) in [6, 6.07) is 5.88. The molecular weight excluding hydrogens is 240 g/mol. The normalized spacial score (nSPS) is 10.6. The predicted octanol–water partition coefficient (Wildman–Crippen LogP) is 0.474. The van der Waals surface area contributed by atoms with E-state index in [1.807, 2.05) is 0 Å². The third-order valence-corrected chi connectivity index (χ3v) is 2.33. The number of aliphatic carboxylic acids is 1. The molecule has 0 aliphatic heterocycles. The van der Waals surface area contributed by atoms with Crippen LogP contribution in [0.4, 0.5) is 5.69 Å². The van der Waals surface area contributed by atoms with Gasteiger partial charge in [0, 0.05) is 25.2 Å². The summed E-state index contributed by atoms with van der Waals surface area (Å²) in [6.45, 7) is 0.242. The Hall–Kier alpha value is -1.99. The second kappa shape index (κ2) is 6.67. The molecular formula is C11H14N2O5. The van der Waals surface area contributed by atoms with Gasteiger partial charge in [0.15, 0.2) is 0 Å². The van der Waals surface area contributed by atoms with Crippen molar-refractivity contribution < 1.29 is 19.9 Å². The van der Waals surface area contributed by atoms with Crippen LogP contribution in [0.1, 0.15) is 5.56 Å². The van der Waals surface area contributed by atoms with E-state index < -0.39 is 10.9 Å². The molecule has 98 valence electrons. The largest absolute Gasteiger partial charge is 0.480 e. The minimum atomic E-state index is -0.981. The lowest BCUT2D eigenvalue weighted by Crippen LogP contribution is -2.31. The number of aliphatic hydroxyl groups excluding tert-OH is 1. The first-order valence-electron chi connectivity index (χ1n) is 5.31. The van der Waals surface area contributed by atoms with E-state index in [-0.39, 0.29) is 25.4 Å². The van der Waals surface area contributed by atoms with Crippen LogP contribution in [0, 0.1) is 10.1 Å². The Morgan fingerprint density at radius 2 is 1.94 bits per heavy atom. The number of hydrogen-bond donors (Lipinski definition) is 2. The average Bonchev–Trinajstić information content (AvgIpc) is 2.29. The maximum Gasteiger partial charge on any atom is 0.317 e. The number of hydrogen-bond acceptors (Lipinski definition) is 5. The van der Waals surface area contributed by atoms with Crippen molar-refractivity contribution in [3.05, 3.63) is 39.9 Å². The second-order valence-electron chi connectivity index (χ2n) is 3.75. The second-order valence-corrected chi connectivity index (χ2v) is 3.75. The number of benzene rings is 1. The van der Waals surface area contributed by atoms with Crippen molar-refractivity contribution in [2.24, 2.45) is 0 Å². The molecule has 0 fully saturated rings. The van der Waals surface area contributed by atoms with Gasteiger partial charge in [-0.1, -0.05) is 12.1 Å². The minimum Gasteiger partial charge on any atom is -0.480 e. The molecule has 0 saturated carbocycles. The van der Waals surface area contributed by atoms with Crippen LogP contribution in [0.15, 0.2) is 24.3 Å². The highest BCUT2D eigenvalue weighted by Gasteiger charge is 2.11. The summed E-state index contributed by atoms with van der Waals surface area (Å²) < 4.78 is 0. The Labute approximate surface area is 103 Å². The smallest absolute Gasteiger partial charge is 0.317 e. The fourth-order valence-electron chi connectivity index (χ4n) is 1.53. The van der Waals surface area contributed by atoms with Crippen molar-refractivity contribution in [3.8, 4) is 0 Å². The molecule has 0 amide bonds. The molecule has 0 heterocycles. The molecule has 0 atom stereocenters. The first-order chi connectivity index (χ1) is 8.52. The lowest BCUT2D eigenvalue weighted by molar-refractivity contribution is -0.384. The summed E-state index contributed by atoms with van der Waals surface area (Å²) in [5, 5.41) is 28.0. The van der Waals surface area contributed by atoms with Crippen LogP contribution < -0.4 is 0 Å². The van der Waals surface area contributed by atoms with Gasteiger partial charge in [0.25, 0.3) is 5.69 Å². The number of nitro groups is 1. The summed E-state index contributed by atoms with van der Waals surface area (Å²) in [5.41, 5.74) is 0.751. The molecule has 1 aromatic rings. The SMILES string of the molecule is O=C(O)CN(CCO)Cc1ccc([N+](=O)[O-])cc1. The first-order valence-corrected chi connectivity index (χ1v) is 5.31. The zero-order chi connectivity index (χ0) is 13.5. The van der Waals surface area contributed by atoms with E-state index in [1.54, 1.807) is 17.0 Å². The monoisotopic (exact) mass is 254 g/mol.